The fraction of sp³-hybridized carbons (Fsp3) is 0.294. The molecule has 0 saturated carbocycles. The maximum Gasteiger partial charge on any atom is 0.251 e. The molecule has 0 aliphatic carbocycles. The van der Waals surface area contributed by atoms with Crippen LogP contribution in [-0.2, 0) is 13.0 Å². The topological polar surface area (TPSA) is 63.2 Å². The van der Waals surface area contributed by atoms with Gasteiger partial charge in [0, 0.05) is 37.0 Å². The first-order valence-electron chi connectivity index (χ1n) is 7.38. The highest BCUT2D eigenvalue weighted by atomic mass is 16.5. The van der Waals surface area contributed by atoms with E-state index in [9.17, 15) is 4.79 Å². The zero-order chi connectivity index (χ0) is 15.4. The summed E-state index contributed by atoms with van der Waals surface area (Å²) < 4.78 is 5.80. The Balaban J connectivity index is 1.71. The van der Waals surface area contributed by atoms with E-state index in [1.54, 1.807) is 13.2 Å². The van der Waals surface area contributed by atoms with Crippen molar-refractivity contribution in [1.82, 2.24) is 15.6 Å². The fourth-order valence-electron chi connectivity index (χ4n) is 2.64. The van der Waals surface area contributed by atoms with Gasteiger partial charge in [-0.3, -0.25) is 9.78 Å². The van der Waals surface area contributed by atoms with Crippen LogP contribution in [0.3, 0.4) is 0 Å². The van der Waals surface area contributed by atoms with Gasteiger partial charge in [-0.15, -0.1) is 0 Å². The molecule has 0 radical (unpaired) electrons. The Morgan fingerprint density at radius 3 is 3.00 bits per heavy atom. The van der Waals surface area contributed by atoms with Crippen LogP contribution in [0, 0.1) is 0 Å². The lowest BCUT2D eigenvalue weighted by atomic mass is 9.96. The van der Waals surface area contributed by atoms with E-state index in [0.29, 0.717) is 18.7 Å². The third kappa shape index (κ3) is 3.09. The number of aromatic nitrogens is 1. The van der Waals surface area contributed by atoms with Gasteiger partial charge >= 0.3 is 0 Å². The van der Waals surface area contributed by atoms with Gasteiger partial charge in [-0.1, -0.05) is 12.1 Å². The number of rotatable bonds is 4. The lowest BCUT2D eigenvalue weighted by Gasteiger charge is -2.27. The molecule has 2 aromatic rings. The van der Waals surface area contributed by atoms with E-state index in [0.717, 1.165) is 23.4 Å². The molecule has 3 rings (SSSR count). The Morgan fingerprint density at radius 1 is 1.32 bits per heavy atom. The molecule has 1 amide bonds. The summed E-state index contributed by atoms with van der Waals surface area (Å²) in [5.74, 6) is 0.725. The average molecular weight is 297 g/mol. The summed E-state index contributed by atoms with van der Waals surface area (Å²) in [5.41, 5.74) is 2.64. The van der Waals surface area contributed by atoms with E-state index < -0.39 is 0 Å². The molecule has 0 saturated heterocycles. The first kappa shape index (κ1) is 14.5. The molecule has 1 aliphatic heterocycles. The summed E-state index contributed by atoms with van der Waals surface area (Å²) >= 11 is 0. The molecule has 2 N–H and O–H groups in total. The van der Waals surface area contributed by atoms with Gasteiger partial charge in [-0.25, -0.2) is 0 Å². The number of amides is 1. The number of benzene rings is 1. The number of carbonyl (C=O) groups excluding carboxylic acids is 1. The molecule has 2 heterocycles. The third-order valence-electron chi connectivity index (χ3n) is 3.79. The molecule has 0 spiro atoms. The standard InChI is InChI=1S/C17H19N3O2/c1-18-17(21)14-6-4-7-16-15(14)9-13(11-22-16)20-10-12-5-2-3-8-19-12/h2-8,13,20H,9-11H2,1H3,(H,18,21). The largest absolute Gasteiger partial charge is 0.492 e. The smallest absolute Gasteiger partial charge is 0.251 e. The third-order valence-corrected chi connectivity index (χ3v) is 3.79. The van der Waals surface area contributed by atoms with Crippen molar-refractivity contribution in [2.24, 2.45) is 0 Å². The quantitative estimate of drug-likeness (QED) is 0.898. The summed E-state index contributed by atoms with van der Waals surface area (Å²) in [6.45, 7) is 1.28. The maximum absolute atomic E-state index is 12.0. The van der Waals surface area contributed by atoms with Gasteiger partial charge in [0.1, 0.15) is 12.4 Å². The van der Waals surface area contributed by atoms with Gasteiger partial charge in [0.15, 0.2) is 0 Å². The molecule has 114 valence electrons. The van der Waals surface area contributed by atoms with Crippen molar-refractivity contribution >= 4 is 5.91 Å². The fourth-order valence-corrected chi connectivity index (χ4v) is 2.64. The molecule has 0 bridgehead atoms. The van der Waals surface area contributed by atoms with E-state index in [-0.39, 0.29) is 11.9 Å². The van der Waals surface area contributed by atoms with Gasteiger partial charge in [0.25, 0.3) is 5.91 Å². The zero-order valence-electron chi connectivity index (χ0n) is 12.5. The SMILES string of the molecule is CNC(=O)c1cccc2c1CC(NCc1ccccn1)CO2. The number of hydrogen-bond donors (Lipinski definition) is 2. The minimum Gasteiger partial charge on any atom is -0.492 e. The van der Waals surface area contributed by atoms with Crippen molar-refractivity contribution in [2.45, 2.75) is 19.0 Å². The van der Waals surface area contributed by atoms with Crippen molar-refractivity contribution in [3.8, 4) is 5.75 Å². The molecule has 22 heavy (non-hydrogen) atoms. The Labute approximate surface area is 129 Å². The van der Waals surface area contributed by atoms with Crippen LogP contribution in [-0.4, -0.2) is 30.6 Å². The van der Waals surface area contributed by atoms with Crippen molar-refractivity contribution < 1.29 is 9.53 Å². The molecule has 1 atom stereocenters. The van der Waals surface area contributed by atoms with Crippen LogP contribution in [0.2, 0.25) is 0 Å². The molecule has 5 nitrogen and oxygen atoms in total. The van der Waals surface area contributed by atoms with Crippen molar-refractivity contribution in [3.05, 3.63) is 59.4 Å². The zero-order valence-corrected chi connectivity index (χ0v) is 12.5. The highest BCUT2D eigenvalue weighted by molar-refractivity contribution is 5.96. The Morgan fingerprint density at radius 2 is 2.23 bits per heavy atom. The summed E-state index contributed by atoms with van der Waals surface area (Å²) in [5, 5.41) is 6.12. The minimum atomic E-state index is -0.0779. The average Bonchev–Trinajstić information content (AvgIpc) is 2.59. The van der Waals surface area contributed by atoms with Crippen LogP contribution >= 0.6 is 0 Å². The Kier molecular flexibility index (Phi) is 4.34. The number of nitrogens with zero attached hydrogens (tertiary/aromatic N) is 1. The first-order chi connectivity index (χ1) is 10.8. The molecular weight excluding hydrogens is 278 g/mol. The molecule has 1 aromatic heterocycles. The normalized spacial score (nSPS) is 16.5. The van der Waals surface area contributed by atoms with Crippen LogP contribution < -0.4 is 15.4 Å². The Hall–Kier alpha value is -2.40. The van der Waals surface area contributed by atoms with Crippen LogP contribution in [0.1, 0.15) is 21.6 Å². The van der Waals surface area contributed by atoms with Crippen molar-refractivity contribution in [2.75, 3.05) is 13.7 Å². The molecule has 1 unspecified atom stereocenters. The predicted molar refractivity (Wildman–Crippen MR) is 83.9 cm³/mol. The molecule has 1 aromatic carbocycles. The number of nitrogens with one attached hydrogen (secondary N) is 2. The second-order valence-electron chi connectivity index (χ2n) is 5.28. The number of fused-ring (bicyclic) bond motifs is 1. The van der Waals surface area contributed by atoms with Crippen LogP contribution in [0.25, 0.3) is 0 Å². The second-order valence-corrected chi connectivity index (χ2v) is 5.28. The monoisotopic (exact) mass is 297 g/mol. The number of pyridine rings is 1. The summed E-state index contributed by atoms with van der Waals surface area (Å²) in [4.78, 5) is 16.3. The van der Waals surface area contributed by atoms with E-state index in [1.807, 2.05) is 36.4 Å². The van der Waals surface area contributed by atoms with Gasteiger partial charge in [0.2, 0.25) is 0 Å². The lowest BCUT2D eigenvalue weighted by molar-refractivity contribution is 0.0960. The first-order valence-corrected chi connectivity index (χ1v) is 7.38. The summed E-state index contributed by atoms with van der Waals surface area (Å²) in [6, 6.07) is 11.6. The van der Waals surface area contributed by atoms with Gasteiger partial charge in [0.05, 0.1) is 5.69 Å². The number of hydrogen-bond acceptors (Lipinski definition) is 4. The number of ether oxygens (including phenoxy) is 1. The molecule has 5 heteroatoms. The predicted octanol–water partition coefficient (Wildman–Crippen LogP) is 1.53. The van der Waals surface area contributed by atoms with Gasteiger partial charge in [-0.05, 0) is 30.7 Å². The Bertz CT molecular complexity index is 658. The van der Waals surface area contributed by atoms with E-state index in [4.69, 9.17) is 4.74 Å². The summed E-state index contributed by atoms with van der Waals surface area (Å²) in [7, 11) is 1.64. The molecule has 0 fully saturated rings. The highest BCUT2D eigenvalue weighted by Crippen LogP contribution is 2.28. The van der Waals surface area contributed by atoms with Crippen LogP contribution in [0.5, 0.6) is 5.75 Å². The van der Waals surface area contributed by atoms with E-state index >= 15 is 0 Å². The van der Waals surface area contributed by atoms with Crippen molar-refractivity contribution in [3.63, 3.8) is 0 Å². The minimum absolute atomic E-state index is 0.0779. The number of carbonyl (C=O) groups is 1. The van der Waals surface area contributed by atoms with Crippen molar-refractivity contribution in [1.29, 1.82) is 0 Å². The van der Waals surface area contributed by atoms with Gasteiger partial charge < -0.3 is 15.4 Å². The highest BCUT2D eigenvalue weighted by Gasteiger charge is 2.24. The second kappa shape index (κ2) is 6.58. The van der Waals surface area contributed by atoms with Crippen LogP contribution in [0.15, 0.2) is 42.6 Å². The van der Waals surface area contributed by atoms with Gasteiger partial charge in [-0.2, -0.15) is 0 Å². The molecular formula is C17H19N3O2. The maximum atomic E-state index is 12.0. The van der Waals surface area contributed by atoms with Crippen LogP contribution in [0.4, 0.5) is 0 Å². The lowest BCUT2D eigenvalue weighted by Crippen LogP contribution is -2.40. The van der Waals surface area contributed by atoms with E-state index in [2.05, 4.69) is 15.6 Å². The molecule has 1 aliphatic rings. The van der Waals surface area contributed by atoms with E-state index in [1.165, 1.54) is 0 Å². The summed E-state index contributed by atoms with van der Waals surface area (Å²) in [6.07, 6.45) is 2.55.